The second-order valence-electron chi connectivity index (χ2n) is 4.74. The average molecular weight is 268 g/mol. The number of hydrogen-bond donors (Lipinski definition) is 1. The van der Waals surface area contributed by atoms with Gasteiger partial charge in [0.2, 0.25) is 0 Å². The molecule has 3 heterocycles. The van der Waals surface area contributed by atoms with Crippen LogP contribution in [0.5, 0.6) is 0 Å². The van der Waals surface area contributed by atoms with Crippen molar-refractivity contribution < 1.29 is 0 Å². The molecule has 3 aromatic heterocycles. The molecular formula is C14H16N6. The number of rotatable bonds is 4. The van der Waals surface area contributed by atoms with Crippen molar-refractivity contribution in [1.29, 1.82) is 0 Å². The summed E-state index contributed by atoms with van der Waals surface area (Å²) in [6, 6.07) is 5.91. The van der Waals surface area contributed by atoms with Gasteiger partial charge < -0.3 is 10.3 Å². The minimum Gasteiger partial charge on any atom is -0.384 e. The van der Waals surface area contributed by atoms with Crippen molar-refractivity contribution in [1.82, 2.24) is 24.3 Å². The van der Waals surface area contributed by atoms with Crippen molar-refractivity contribution in [3.05, 3.63) is 49.3 Å². The van der Waals surface area contributed by atoms with E-state index in [0.717, 1.165) is 17.8 Å². The van der Waals surface area contributed by atoms with Crippen molar-refractivity contribution >= 4 is 5.82 Å². The lowest BCUT2D eigenvalue weighted by atomic mass is 10.2. The van der Waals surface area contributed by atoms with Gasteiger partial charge in [-0.2, -0.15) is 5.10 Å². The Morgan fingerprint density at radius 3 is 2.90 bits per heavy atom. The van der Waals surface area contributed by atoms with Crippen LogP contribution in [-0.4, -0.2) is 24.3 Å². The summed E-state index contributed by atoms with van der Waals surface area (Å²) in [5, 5.41) is 4.23. The molecule has 1 atom stereocenters. The van der Waals surface area contributed by atoms with Gasteiger partial charge in [0, 0.05) is 24.2 Å². The molecule has 0 radical (unpaired) electrons. The second-order valence-corrected chi connectivity index (χ2v) is 4.74. The van der Waals surface area contributed by atoms with Crippen molar-refractivity contribution in [2.24, 2.45) is 0 Å². The van der Waals surface area contributed by atoms with Gasteiger partial charge in [0.15, 0.2) is 0 Å². The fourth-order valence-electron chi connectivity index (χ4n) is 2.20. The lowest BCUT2D eigenvalue weighted by Gasteiger charge is -2.16. The van der Waals surface area contributed by atoms with Gasteiger partial charge in [-0.25, -0.2) is 9.97 Å². The summed E-state index contributed by atoms with van der Waals surface area (Å²) >= 11 is 0. The molecular weight excluding hydrogens is 252 g/mol. The molecule has 0 spiro atoms. The molecule has 3 aromatic rings. The number of pyridine rings is 1. The molecule has 0 aliphatic heterocycles. The highest BCUT2D eigenvalue weighted by Gasteiger charge is 2.12. The molecule has 2 N–H and O–H groups in total. The van der Waals surface area contributed by atoms with Crippen molar-refractivity contribution in [3.8, 4) is 11.3 Å². The van der Waals surface area contributed by atoms with Crippen LogP contribution in [0.4, 0.5) is 5.82 Å². The average Bonchev–Trinajstić information content (AvgIpc) is 3.10. The van der Waals surface area contributed by atoms with Crippen LogP contribution < -0.4 is 5.73 Å². The quantitative estimate of drug-likeness (QED) is 0.785. The van der Waals surface area contributed by atoms with Crippen molar-refractivity contribution in [3.63, 3.8) is 0 Å². The van der Waals surface area contributed by atoms with Gasteiger partial charge in [-0.15, -0.1) is 0 Å². The van der Waals surface area contributed by atoms with Gasteiger partial charge >= 0.3 is 0 Å². The van der Waals surface area contributed by atoms with E-state index in [1.165, 1.54) is 0 Å². The molecule has 6 nitrogen and oxygen atoms in total. The number of nitrogens with two attached hydrogens (primary N) is 1. The Bertz CT molecular complexity index is 668. The molecule has 0 aliphatic carbocycles. The van der Waals surface area contributed by atoms with Crippen LogP contribution in [0.1, 0.15) is 13.0 Å². The highest BCUT2D eigenvalue weighted by molar-refractivity contribution is 5.59. The maximum atomic E-state index is 5.62. The Labute approximate surface area is 116 Å². The number of aromatic nitrogens is 5. The normalized spacial score (nSPS) is 12.4. The summed E-state index contributed by atoms with van der Waals surface area (Å²) in [4.78, 5) is 8.38. The lowest BCUT2D eigenvalue weighted by molar-refractivity contribution is 0.440. The van der Waals surface area contributed by atoms with Crippen LogP contribution >= 0.6 is 0 Å². The van der Waals surface area contributed by atoms with E-state index in [2.05, 4.69) is 26.6 Å². The third kappa shape index (κ3) is 2.40. The topological polar surface area (TPSA) is 74.5 Å². The van der Waals surface area contributed by atoms with E-state index >= 15 is 0 Å². The molecule has 0 amide bonds. The van der Waals surface area contributed by atoms with Crippen LogP contribution in [0, 0.1) is 0 Å². The summed E-state index contributed by atoms with van der Waals surface area (Å²) in [7, 11) is 0. The van der Waals surface area contributed by atoms with Crippen LogP contribution in [0.25, 0.3) is 11.3 Å². The Kier molecular flexibility index (Phi) is 3.20. The minimum atomic E-state index is 0.241. The zero-order valence-electron chi connectivity index (χ0n) is 11.2. The number of hydrogen-bond acceptors (Lipinski definition) is 4. The fraction of sp³-hybridized carbons (Fsp3) is 0.214. The maximum Gasteiger partial charge on any atom is 0.123 e. The number of anilines is 1. The molecule has 0 saturated carbocycles. The highest BCUT2D eigenvalue weighted by atomic mass is 15.3. The molecule has 3 rings (SSSR count). The Morgan fingerprint density at radius 1 is 1.30 bits per heavy atom. The zero-order chi connectivity index (χ0) is 13.9. The molecule has 0 aromatic carbocycles. The maximum absolute atomic E-state index is 5.62. The third-order valence-electron chi connectivity index (χ3n) is 3.23. The van der Waals surface area contributed by atoms with E-state index in [1.807, 2.05) is 35.5 Å². The first kappa shape index (κ1) is 12.4. The number of imidazole rings is 1. The Hall–Kier alpha value is -2.63. The lowest BCUT2D eigenvalue weighted by Crippen LogP contribution is -2.13. The van der Waals surface area contributed by atoms with Gasteiger partial charge in [-0.3, -0.25) is 4.68 Å². The van der Waals surface area contributed by atoms with E-state index in [-0.39, 0.29) is 6.04 Å². The minimum absolute atomic E-state index is 0.241. The molecule has 0 saturated heterocycles. The third-order valence-corrected chi connectivity index (χ3v) is 3.23. The predicted octanol–water partition coefficient (Wildman–Crippen LogP) is 1.98. The number of nitrogen functional groups attached to an aromatic ring is 1. The van der Waals surface area contributed by atoms with Crippen LogP contribution in [0.15, 0.2) is 49.3 Å². The predicted molar refractivity (Wildman–Crippen MR) is 76.8 cm³/mol. The zero-order valence-corrected chi connectivity index (χ0v) is 11.2. The standard InChI is InChI=1S/C14H16N6/c1-11(9-19-6-2-5-18-19)20-10-16-8-13(20)12-3-4-14(15)17-7-12/h2-8,10-11H,9H2,1H3,(H2,15,17). The van der Waals surface area contributed by atoms with Gasteiger partial charge in [0.1, 0.15) is 5.82 Å². The molecule has 1 unspecified atom stereocenters. The van der Waals surface area contributed by atoms with E-state index in [1.54, 1.807) is 18.5 Å². The monoisotopic (exact) mass is 268 g/mol. The Balaban J connectivity index is 1.87. The van der Waals surface area contributed by atoms with Crippen LogP contribution in [0.3, 0.4) is 0 Å². The van der Waals surface area contributed by atoms with Crippen LogP contribution in [-0.2, 0) is 6.54 Å². The van der Waals surface area contributed by atoms with Gasteiger partial charge in [-0.1, -0.05) is 0 Å². The summed E-state index contributed by atoms with van der Waals surface area (Å²) in [6.07, 6.45) is 9.18. The largest absolute Gasteiger partial charge is 0.384 e. The van der Waals surface area contributed by atoms with Crippen molar-refractivity contribution in [2.45, 2.75) is 19.5 Å². The van der Waals surface area contributed by atoms with Gasteiger partial charge in [0.05, 0.1) is 30.8 Å². The summed E-state index contributed by atoms with van der Waals surface area (Å²) in [6.45, 7) is 2.93. The molecule has 0 aliphatic rings. The van der Waals surface area contributed by atoms with E-state index in [9.17, 15) is 0 Å². The highest BCUT2D eigenvalue weighted by Crippen LogP contribution is 2.22. The molecule has 102 valence electrons. The van der Waals surface area contributed by atoms with E-state index < -0.39 is 0 Å². The van der Waals surface area contributed by atoms with Gasteiger partial charge in [-0.05, 0) is 25.1 Å². The fourth-order valence-corrected chi connectivity index (χ4v) is 2.20. The first-order valence-corrected chi connectivity index (χ1v) is 6.45. The van der Waals surface area contributed by atoms with Crippen LogP contribution in [0.2, 0.25) is 0 Å². The van der Waals surface area contributed by atoms with Gasteiger partial charge in [0.25, 0.3) is 0 Å². The first-order chi connectivity index (χ1) is 9.74. The molecule has 0 bridgehead atoms. The molecule has 6 heteroatoms. The SMILES string of the molecule is CC(Cn1cccn1)n1cncc1-c1ccc(N)nc1. The second kappa shape index (κ2) is 5.16. The first-order valence-electron chi connectivity index (χ1n) is 6.45. The summed E-state index contributed by atoms with van der Waals surface area (Å²) in [5.41, 5.74) is 7.65. The number of nitrogens with zero attached hydrogens (tertiary/aromatic N) is 5. The van der Waals surface area contributed by atoms with E-state index in [0.29, 0.717) is 5.82 Å². The van der Waals surface area contributed by atoms with Crippen molar-refractivity contribution in [2.75, 3.05) is 5.73 Å². The van der Waals surface area contributed by atoms with E-state index in [4.69, 9.17) is 5.73 Å². The smallest absolute Gasteiger partial charge is 0.123 e. The summed E-state index contributed by atoms with van der Waals surface area (Å²) < 4.78 is 4.03. The Morgan fingerprint density at radius 2 is 2.20 bits per heavy atom. The molecule has 0 fully saturated rings. The molecule has 20 heavy (non-hydrogen) atoms. The summed E-state index contributed by atoms with van der Waals surface area (Å²) in [5.74, 6) is 0.518.